The molecular weight excluding hydrogens is 349 g/mol. The van der Waals surface area contributed by atoms with Crippen molar-refractivity contribution >= 4 is 50.2 Å². The molecule has 0 saturated heterocycles. The molecule has 0 atom stereocenters. The van der Waals surface area contributed by atoms with Crippen molar-refractivity contribution in [2.75, 3.05) is 30.1 Å². The summed E-state index contributed by atoms with van der Waals surface area (Å²) in [5.41, 5.74) is 0.777. The normalized spacial score (nSPS) is 10.8. The molecule has 2 aromatic heterocycles. The molecule has 0 aliphatic heterocycles. The van der Waals surface area contributed by atoms with Crippen molar-refractivity contribution in [1.82, 2.24) is 15.0 Å². The van der Waals surface area contributed by atoms with E-state index in [1.54, 1.807) is 12.1 Å². The summed E-state index contributed by atoms with van der Waals surface area (Å²) in [6.45, 7) is 0. The van der Waals surface area contributed by atoms with E-state index in [4.69, 9.17) is 0 Å². The standard InChI is InChI=1S/C15H14FN5OS2/c1-21(2)15-20-13-12(24-15)14(18-8-17-13)23-7-11(22)19-10-6-4-3-5-9(10)16/h3-6,8H,7H2,1-2H3,(H,19,22). The topological polar surface area (TPSA) is 71.0 Å². The van der Waals surface area contributed by atoms with Gasteiger partial charge in [-0.25, -0.2) is 14.4 Å². The number of anilines is 2. The summed E-state index contributed by atoms with van der Waals surface area (Å²) < 4.78 is 14.4. The number of fused-ring (bicyclic) bond motifs is 1. The highest BCUT2D eigenvalue weighted by molar-refractivity contribution is 8.00. The molecule has 0 bridgehead atoms. The van der Waals surface area contributed by atoms with Crippen molar-refractivity contribution < 1.29 is 9.18 Å². The van der Waals surface area contributed by atoms with E-state index in [1.807, 2.05) is 19.0 Å². The number of nitrogens with zero attached hydrogens (tertiary/aromatic N) is 4. The Kier molecular flexibility index (Phi) is 4.91. The Hall–Kier alpha value is -2.26. The van der Waals surface area contributed by atoms with Crippen molar-refractivity contribution in [1.29, 1.82) is 0 Å². The number of thioether (sulfide) groups is 1. The average molecular weight is 363 g/mol. The van der Waals surface area contributed by atoms with Crippen molar-refractivity contribution in [3.8, 4) is 0 Å². The van der Waals surface area contributed by atoms with Crippen LogP contribution in [-0.4, -0.2) is 40.7 Å². The highest BCUT2D eigenvalue weighted by Crippen LogP contribution is 2.32. The molecule has 0 fully saturated rings. The molecule has 1 amide bonds. The van der Waals surface area contributed by atoms with Gasteiger partial charge in [0, 0.05) is 14.1 Å². The Morgan fingerprint density at radius 3 is 2.88 bits per heavy atom. The third-order valence-corrected chi connectivity index (χ3v) is 5.36. The van der Waals surface area contributed by atoms with E-state index in [2.05, 4.69) is 20.3 Å². The lowest BCUT2D eigenvalue weighted by Gasteiger charge is -2.06. The van der Waals surface area contributed by atoms with E-state index < -0.39 is 5.82 Å². The van der Waals surface area contributed by atoms with Crippen LogP contribution in [0, 0.1) is 5.82 Å². The second-order valence-corrected chi connectivity index (χ2v) is 6.98. The number of carbonyl (C=O) groups excluding carboxylic acids is 1. The van der Waals surface area contributed by atoms with Gasteiger partial charge in [0.25, 0.3) is 0 Å². The second-order valence-electron chi connectivity index (χ2n) is 5.04. The third kappa shape index (κ3) is 3.62. The van der Waals surface area contributed by atoms with E-state index in [9.17, 15) is 9.18 Å². The van der Waals surface area contributed by atoms with Crippen molar-refractivity contribution in [2.45, 2.75) is 5.03 Å². The third-order valence-electron chi connectivity index (χ3n) is 3.02. The maximum Gasteiger partial charge on any atom is 0.234 e. The van der Waals surface area contributed by atoms with Gasteiger partial charge in [-0.1, -0.05) is 35.2 Å². The number of thiazole rings is 1. The Morgan fingerprint density at radius 2 is 2.12 bits per heavy atom. The van der Waals surface area contributed by atoms with Crippen LogP contribution in [0.25, 0.3) is 10.3 Å². The van der Waals surface area contributed by atoms with Gasteiger partial charge in [0.1, 0.15) is 21.9 Å². The molecule has 1 N–H and O–H groups in total. The first-order valence-corrected chi connectivity index (χ1v) is 8.81. The maximum absolute atomic E-state index is 13.5. The summed E-state index contributed by atoms with van der Waals surface area (Å²) in [5.74, 6) is -0.636. The van der Waals surface area contributed by atoms with Gasteiger partial charge in [-0.2, -0.15) is 4.98 Å². The summed E-state index contributed by atoms with van der Waals surface area (Å²) in [7, 11) is 3.81. The number of amides is 1. The summed E-state index contributed by atoms with van der Waals surface area (Å²) in [6.07, 6.45) is 1.43. The van der Waals surface area contributed by atoms with E-state index >= 15 is 0 Å². The minimum atomic E-state index is -0.460. The summed E-state index contributed by atoms with van der Waals surface area (Å²) in [5, 5.41) is 4.06. The highest BCUT2D eigenvalue weighted by atomic mass is 32.2. The van der Waals surface area contributed by atoms with Crippen LogP contribution in [0.3, 0.4) is 0 Å². The van der Waals surface area contributed by atoms with Crippen molar-refractivity contribution in [3.63, 3.8) is 0 Å². The Labute approximate surface area is 146 Å². The molecule has 3 aromatic rings. The summed E-state index contributed by atoms with van der Waals surface area (Å²) in [4.78, 5) is 26.7. The van der Waals surface area contributed by atoms with Crippen LogP contribution in [-0.2, 0) is 4.79 Å². The molecule has 1 aromatic carbocycles. The largest absolute Gasteiger partial charge is 0.354 e. The number of hydrogen-bond donors (Lipinski definition) is 1. The van der Waals surface area contributed by atoms with Crippen molar-refractivity contribution in [2.24, 2.45) is 0 Å². The first-order chi connectivity index (χ1) is 11.5. The molecule has 0 unspecified atom stereocenters. The minimum Gasteiger partial charge on any atom is -0.354 e. The first-order valence-electron chi connectivity index (χ1n) is 7.00. The fourth-order valence-electron chi connectivity index (χ4n) is 1.90. The fourth-order valence-corrected chi connectivity index (χ4v) is 3.71. The molecule has 9 heteroatoms. The Balaban J connectivity index is 1.71. The van der Waals surface area contributed by atoms with Gasteiger partial charge in [-0.3, -0.25) is 4.79 Å². The number of carbonyl (C=O) groups is 1. The van der Waals surface area contributed by atoms with Crippen molar-refractivity contribution in [3.05, 3.63) is 36.4 Å². The molecule has 24 heavy (non-hydrogen) atoms. The monoisotopic (exact) mass is 363 g/mol. The fraction of sp³-hybridized carbons (Fsp3) is 0.200. The molecule has 0 aliphatic carbocycles. The van der Waals surface area contributed by atoms with Crippen LogP contribution in [0.15, 0.2) is 35.6 Å². The molecule has 0 spiro atoms. The highest BCUT2D eigenvalue weighted by Gasteiger charge is 2.14. The zero-order valence-electron chi connectivity index (χ0n) is 13.0. The van der Waals surface area contributed by atoms with E-state index in [1.165, 1.54) is 41.6 Å². The predicted octanol–water partition coefficient (Wildman–Crippen LogP) is 3.02. The molecule has 124 valence electrons. The van der Waals surface area contributed by atoms with E-state index in [0.29, 0.717) is 10.7 Å². The van der Waals surface area contributed by atoms with Gasteiger partial charge in [0.15, 0.2) is 10.8 Å². The van der Waals surface area contributed by atoms with Gasteiger partial charge in [0.05, 0.1) is 11.4 Å². The molecular formula is C15H14FN5OS2. The number of nitrogens with one attached hydrogen (secondary N) is 1. The zero-order chi connectivity index (χ0) is 17.1. The maximum atomic E-state index is 13.5. The SMILES string of the molecule is CN(C)c1nc2ncnc(SCC(=O)Nc3ccccc3F)c2s1. The molecule has 3 rings (SSSR count). The predicted molar refractivity (Wildman–Crippen MR) is 95.3 cm³/mol. The number of para-hydroxylation sites is 1. The molecule has 6 nitrogen and oxygen atoms in total. The number of hydrogen-bond acceptors (Lipinski definition) is 7. The van der Waals surface area contributed by atoms with Crippen LogP contribution in [0.5, 0.6) is 0 Å². The zero-order valence-corrected chi connectivity index (χ0v) is 14.6. The van der Waals surface area contributed by atoms with Crippen LogP contribution < -0.4 is 10.2 Å². The number of benzene rings is 1. The van der Waals surface area contributed by atoms with Crippen LogP contribution >= 0.6 is 23.1 Å². The Morgan fingerprint density at radius 1 is 1.33 bits per heavy atom. The van der Waals surface area contributed by atoms with Gasteiger partial charge < -0.3 is 10.2 Å². The minimum absolute atomic E-state index is 0.121. The van der Waals surface area contributed by atoms with Gasteiger partial charge in [0.2, 0.25) is 5.91 Å². The van der Waals surface area contributed by atoms with E-state index in [-0.39, 0.29) is 17.3 Å². The lowest BCUT2D eigenvalue weighted by Crippen LogP contribution is -2.15. The lowest BCUT2D eigenvalue weighted by molar-refractivity contribution is -0.113. The summed E-state index contributed by atoms with van der Waals surface area (Å²) >= 11 is 2.74. The van der Waals surface area contributed by atoms with Gasteiger partial charge in [-0.15, -0.1) is 0 Å². The summed E-state index contributed by atoms with van der Waals surface area (Å²) in [6, 6.07) is 6.06. The number of rotatable bonds is 5. The number of halogens is 1. The molecule has 2 heterocycles. The lowest BCUT2D eigenvalue weighted by atomic mass is 10.3. The Bertz CT molecular complexity index is 883. The molecule has 0 radical (unpaired) electrons. The average Bonchev–Trinajstić information content (AvgIpc) is 3.00. The molecule has 0 aliphatic rings. The quantitative estimate of drug-likeness (QED) is 0.555. The van der Waals surface area contributed by atoms with Crippen LogP contribution in [0.1, 0.15) is 0 Å². The first kappa shape index (κ1) is 16.6. The van der Waals surface area contributed by atoms with Crippen LogP contribution in [0.4, 0.5) is 15.2 Å². The molecule has 0 saturated carbocycles. The van der Waals surface area contributed by atoms with E-state index in [0.717, 1.165) is 9.83 Å². The van der Waals surface area contributed by atoms with Gasteiger partial charge in [-0.05, 0) is 12.1 Å². The smallest absolute Gasteiger partial charge is 0.234 e. The van der Waals surface area contributed by atoms with Gasteiger partial charge >= 0.3 is 0 Å². The number of aromatic nitrogens is 3. The van der Waals surface area contributed by atoms with Crippen LogP contribution in [0.2, 0.25) is 0 Å². The second kappa shape index (κ2) is 7.10.